The van der Waals surface area contributed by atoms with Crippen LogP contribution in [0, 0.1) is 5.82 Å². The van der Waals surface area contributed by atoms with Crippen molar-refractivity contribution in [3.8, 4) is 5.75 Å². The van der Waals surface area contributed by atoms with E-state index in [1.54, 1.807) is 6.92 Å². The van der Waals surface area contributed by atoms with Gasteiger partial charge in [0.15, 0.2) is 21.4 Å². The van der Waals surface area contributed by atoms with Gasteiger partial charge in [-0.1, -0.05) is 0 Å². The summed E-state index contributed by atoms with van der Waals surface area (Å²) in [7, 11) is -3.19. The third kappa shape index (κ3) is 4.44. The van der Waals surface area contributed by atoms with Crippen LogP contribution in [0.5, 0.6) is 5.75 Å². The number of sulfone groups is 1. The van der Waals surface area contributed by atoms with Crippen LogP contribution in [0.2, 0.25) is 0 Å². The number of hydrazone groups is 1. The van der Waals surface area contributed by atoms with E-state index < -0.39 is 27.6 Å². The first-order valence-electron chi connectivity index (χ1n) is 8.62. The van der Waals surface area contributed by atoms with Gasteiger partial charge in [0, 0.05) is 24.6 Å². The highest BCUT2D eigenvalue weighted by Gasteiger charge is 2.37. The Morgan fingerprint density at radius 3 is 2.81 bits per heavy atom. The number of amides is 2. The number of nitrogens with one attached hydrogen (secondary N) is 1. The summed E-state index contributed by atoms with van der Waals surface area (Å²) in [6.45, 7) is 2.05. The maximum Gasteiger partial charge on any atom is 0.271 e. The van der Waals surface area contributed by atoms with Crippen LogP contribution in [0.3, 0.4) is 0 Å². The van der Waals surface area contributed by atoms with Crippen LogP contribution < -0.4 is 10.1 Å². The molecule has 2 aliphatic rings. The summed E-state index contributed by atoms with van der Waals surface area (Å²) >= 11 is 0. The predicted octanol–water partition coefficient (Wildman–Crippen LogP) is 1.33. The average molecular weight is 397 g/mol. The second kappa shape index (κ2) is 7.63. The lowest BCUT2D eigenvalue weighted by atomic mass is 10.1. The zero-order valence-corrected chi connectivity index (χ0v) is 15.6. The molecule has 1 saturated heterocycles. The molecule has 0 aliphatic carbocycles. The Morgan fingerprint density at radius 2 is 2.19 bits per heavy atom. The van der Waals surface area contributed by atoms with Crippen LogP contribution in [0.25, 0.3) is 0 Å². The molecule has 1 fully saturated rings. The van der Waals surface area contributed by atoms with E-state index in [1.807, 2.05) is 0 Å². The molecule has 8 nitrogen and oxygen atoms in total. The molecule has 0 saturated carbocycles. The number of carbonyl (C=O) groups is 2. The summed E-state index contributed by atoms with van der Waals surface area (Å²) in [6, 6.07) is 3.50. The fraction of sp³-hybridized carbons (Fsp3) is 0.471. The Morgan fingerprint density at radius 1 is 1.41 bits per heavy atom. The zero-order valence-electron chi connectivity index (χ0n) is 14.8. The van der Waals surface area contributed by atoms with Gasteiger partial charge in [-0.15, -0.1) is 0 Å². The summed E-state index contributed by atoms with van der Waals surface area (Å²) in [5.41, 5.74) is 0.337. The molecule has 3 rings (SSSR count). The molecule has 1 aromatic rings. The lowest BCUT2D eigenvalue weighted by Gasteiger charge is -2.27. The van der Waals surface area contributed by atoms with Crippen molar-refractivity contribution in [3.63, 3.8) is 0 Å². The van der Waals surface area contributed by atoms with E-state index in [0.717, 1.165) is 11.1 Å². The topological polar surface area (TPSA) is 105 Å². The number of hydrogen-bond acceptors (Lipinski definition) is 6. The monoisotopic (exact) mass is 397 g/mol. The van der Waals surface area contributed by atoms with Gasteiger partial charge in [-0.2, -0.15) is 5.10 Å². The maximum absolute atomic E-state index is 13.9. The molecular weight excluding hydrogens is 377 g/mol. The van der Waals surface area contributed by atoms with Crippen LogP contribution in [-0.2, 0) is 19.4 Å². The van der Waals surface area contributed by atoms with Gasteiger partial charge >= 0.3 is 0 Å². The van der Waals surface area contributed by atoms with E-state index in [2.05, 4.69) is 10.4 Å². The quantitative estimate of drug-likeness (QED) is 0.807. The molecule has 10 heteroatoms. The van der Waals surface area contributed by atoms with Gasteiger partial charge in [-0.05, 0) is 25.5 Å². The largest absolute Gasteiger partial charge is 0.491 e. The van der Waals surface area contributed by atoms with Crippen LogP contribution >= 0.6 is 0 Å². The van der Waals surface area contributed by atoms with Crippen molar-refractivity contribution in [2.24, 2.45) is 5.10 Å². The second-order valence-corrected chi connectivity index (χ2v) is 8.60. The Kier molecular flexibility index (Phi) is 5.45. The Bertz CT molecular complexity index is 900. The molecule has 2 amide bonds. The zero-order chi connectivity index (χ0) is 19.6. The predicted molar refractivity (Wildman–Crippen MR) is 96.8 cm³/mol. The number of nitrogens with zero attached hydrogens (tertiary/aromatic N) is 2. The van der Waals surface area contributed by atoms with Crippen molar-refractivity contribution in [1.82, 2.24) is 5.01 Å². The van der Waals surface area contributed by atoms with Gasteiger partial charge in [0.05, 0.1) is 24.2 Å². The molecule has 0 radical (unpaired) electrons. The average Bonchev–Trinajstić information content (AvgIpc) is 2.97. The number of benzene rings is 1. The second-order valence-electron chi connectivity index (χ2n) is 6.37. The first-order valence-corrected chi connectivity index (χ1v) is 10.4. The summed E-state index contributed by atoms with van der Waals surface area (Å²) in [4.78, 5) is 24.5. The van der Waals surface area contributed by atoms with Gasteiger partial charge in [-0.3, -0.25) is 9.59 Å². The molecule has 2 heterocycles. The summed E-state index contributed by atoms with van der Waals surface area (Å²) in [6.07, 6.45) is 0.511. The first kappa shape index (κ1) is 19.3. The van der Waals surface area contributed by atoms with Crippen molar-refractivity contribution >= 4 is 33.1 Å². The van der Waals surface area contributed by atoms with Gasteiger partial charge in [0.1, 0.15) is 5.71 Å². The number of carbonyl (C=O) groups excluding carboxylic acids is 2. The highest BCUT2D eigenvalue weighted by atomic mass is 32.2. The normalized spacial score (nSPS) is 21.7. The summed E-state index contributed by atoms with van der Waals surface area (Å²) in [5.74, 6) is -1.53. The summed E-state index contributed by atoms with van der Waals surface area (Å²) < 4.78 is 42.3. The maximum atomic E-state index is 13.9. The van der Waals surface area contributed by atoms with Crippen molar-refractivity contribution in [1.29, 1.82) is 0 Å². The molecular formula is C17H20FN3O5S. The van der Waals surface area contributed by atoms with E-state index in [-0.39, 0.29) is 47.4 Å². The van der Waals surface area contributed by atoms with E-state index >= 15 is 0 Å². The van der Waals surface area contributed by atoms with Crippen LogP contribution in [0.15, 0.2) is 23.3 Å². The number of ether oxygens (including phenoxy) is 1. The van der Waals surface area contributed by atoms with Gasteiger partial charge < -0.3 is 10.1 Å². The standard InChI is InChI=1S/C17H20FN3O5S/c1-2-26-15-5-3-11(9-13(15)18)19-17(23)14-4-6-16(22)21(20-14)12-7-8-27(24,25)10-12/h3,5,9,12H,2,4,6-8,10H2,1H3,(H,19,23). The SMILES string of the molecule is CCOc1ccc(NC(=O)C2=NN(C3CCS(=O)(=O)C3)C(=O)CC2)cc1F. The third-order valence-electron chi connectivity index (χ3n) is 4.37. The Hall–Kier alpha value is -2.49. The fourth-order valence-electron chi connectivity index (χ4n) is 3.04. The number of anilines is 1. The van der Waals surface area contributed by atoms with Crippen molar-refractivity contribution in [2.45, 2.75) is 32.2 Å². The van der Waals surface area contributed by atoms with E-state index in [0.29, 0.717) is 13.0 Å². The van der Waals surface area contributed by atoms with Gasteiger partial charge in [-0.25, -0.2) is 17.8 Å². The van der Waals surface area contributed by atoms with Crippen LogP contribution in [0.4, 0.5) is 10.1 Å². The highest BCUT2D eigenvalue weighted by molar-refractivity contribution is 7.91. The van der Waals surface area contributed by atoms with Crippen LogP contribution in [-0.4, -0.2) is 55.1 Å². The smallest absolute Gasteiger partial charge is 0.271 e. The minimum Gasteiger partial charge on any atom is -0.491 e. The molecule has 1 N–H and O–H groups in total. The molecule has 1 unspecified atom stereocenters. The molecule has 0 bridgehead atoms. The van der Waals surface area contributed by atoms with E-state index in [4.69, 9.17) is 4.74 Å². The summed E-state index contributed by atoms with van der Waals surface area (Å²) in [5, 5.41) is 7.74. The lowest BCUT2D eigenvalue weighted by molar-refractivity contribution is -0.133. The minimum absolute atomic E-state index is 0.00392. The number of rotatable bonds is 5. The minimum atomic E-state index is -3.19. The van der Waals surface area contributed by atoms with Crippen molar-refractivity contribution in [2.75, 3.05) is 23.4 Å². The molecule has 0 aromatic heterocycles. The molecule has 2 aliphatic heterocycles. The van der Waals surface area contributed by atoms with Gasteiger partial charge in [0.2, 0.25) is 5.91 Å². The third-order valence-corrected chi connectivity index (χ3v) is 6.12. The fourth-order valence-corrected chi connectivity index (χ4v) is 4.73. The van der Waals surface area contributed by atoms with Crippen molar-refractivity contribution in [3.05, 3.63) is 24.0 Å². The Balaban J connectivity index is 1.73. The Labute approximate surface area is 156 Å². The van der Waals surface area contributed by atoms with Crippen molar-refractivity contribution < 1.29 is 27.1 Å². The van der Waals surface area contributed by atoms with E-state index in [1.165, 1.54) is 12.1 Å². The molecule has 27 heavy (non-hydrogen) atoms. The molecule has 1 aromatic carbocycles. The molecule has 1 atom stereocenters. The highest BCUT2D eigenvalue weighted by Crippen LogP contribution is 2.24. The van der Waals surface area contributed by atoms with Gasteiger partial charge in [0.25, 0.3) is 5.91 Å². The first-order chi connectivity index (χ1) is 12.8. The van der Waals surface area contributed by atoms with Crippen LogP contribution in [0.1, 0.15) is 26.2 Å². The molecule has 146 valence electrons. The lowest BCUT2D eigenvalue weighted by Crippen LogP contribution is -2.42. The van der Waals surface area contributed by atoms with E-state index in [9.17, 15) is 22.4 Å². The number of hydrogen-bond donors (Lipinski definition) is 1. The molecule has 0 spiro atoms. The number of halogens is 1.